The fraction of sp³-hybridized carbons (Fsp3) is 0.250. The number of halogens is 2. The average molecular weight is 338 g/mol. The number of rotatable bonds is 2. The van der Waals surface area contributed by atoms with E-state index in [-0.39, 0.29) is 6.10 Å². The highest BCUT2D eigenvalue weighted by Gasteiger charge is 2.25. The monoisotopic (exact) mass is 336 g/mol. The number of hydrogen-bond acceptors (Lipinski definition) is 1. The summed E-state index contributed by atoms with van der Waals surface area (Å²) in [4.78, 5) is 0. The Morgan fingerprint density at radius 2 is 1.89 bits per heavy atom. The van der Waals surface area contributed by atoms with Crippen molar-refractivity contribution >= 4 is 27.5 Å². The van der Waals surface area contributed by atoms with E-state index in [1.165, 1.54) is 16.7 Å². The maximum absolute atomic E-state index is 6.42. The zero-order valence-corrected chi connectivity index (χ0v) is 13.0. The molecule has 0 saturated heterocycles. The standard InChI is InChI=1S/C16H14BrClO/c1-19-15-9-8-11-10(4-2-5-12(11)15)13-6-3-7-14(17)16(13)18/h2-7,15H,8-9H2,1H3/t15-/m0/s1. The van der Waals surface area contributed by atoms with Gasteiger partial charge in [0.05, 0.1) is 11.1 Å². The molecule has 2 aromatic rings. The van der Waals surface area contributed by atoms with Crippen molar-refractivity contribution < 1.29 is 4.74 Å². The highest BCUT2D eigenvalue weighted by atomic mass is 79.9. The lowest BCUT2D eigenvalue weighted by Gasteiger charge is -2.13. The van der Waals surface area contributed by atoms with E-state index in [9.17, 15) is 0 Å². The van der Waals surface area contributed by atoms with E-state index in [0.717, 1.165) is 27.9 Å². The first-order chi connectivity index (χ1) is 9.22. The van der Waals surface area contributed by atoms with Gasteiger partial charge in [-0.05, 0) is 51.5 Å². The van der Waals surface area contributed by atoms with Gasteiger partial charge in [-0.2, -0.15) is 0 Å². The Bertz CT molecular complexity index is 624. The molecule has 0 aromatic heterocycles. The summed E-state index contributed by atoms with van der Waals surface area (Å²) in [5.74, 6) is 0. The van der Waals surface area contributed by atoms with Gasteiger partial charge in [0.2, 0.25) is 0 Å². The van der Waals surface area contributed by atoms with Crippen LogP contribution in [-0.4, -0.2) is 7.11 Å². The molecule has 0 saturated carbocycles. The van der Waals surface area contributed by atoms with Crippen molar-refractivity contribution in [3.8, 4) is 11.1 Å². The maximum Gasteiger partial charge on any atom is 0.0827 e. The van der Waals surface area contributed by atoms with Gasteiger partial charge >= 0.3 is 0 Å². The SMILES string of the molecule is CO[C@H]1CCc2c(-c3cccc(Br)c3Cl)cccc21. The maximum atomic E-state index is 6.42. The Labute approximate surface area is 126 Å². The predicted octanol–water partition coefficient (Wildman–Crippen LogP) is 5.40. The van der Waals surface area contributed by atoms with Gasteiger partial charge in [0.1, 0.15) is 0 Å². The highest BCUT2D eigenvalue weighted by molar-refractivity contribution is 9.10. The number of fused-ring (bicyclic) bond motifs is 1. The quantitative estimate of drug-likeness (QED) is 0.712. The summed E-state index contributed by atoms with van der Waals surface area (Å²) in [5, 5.41) is 0.775. The van der Waals surface area contributed by atoms with Crippen LogP contribution in [0.2, 0.25) is 5.02 Å². The molecule has 0 amide bonds. The third-order valence-corrected chi connectivity index (χ3v) is 5.04. The van der Waals surface area contributed by atoms with Crippen molar-refractivity contribution in [3.05, 3.63) is 57.0 Å². The molecule has 19 heavy (non-hydrogen) atoms. The molecule has 0 radical (unpaired) electrons. The first-order valence-electron chi connectivity index (χ1n) is 6.31. The third-order valence-electron chi connectivity index (χ3n) is 3.74. The van der Waals surface area contributed by atoms with Crippen LogP contribution in [-0.2, 0) is 11.2 Å². The van der Waals surface area contributed by atoms with E-state index in [4.69, 9.17) is 16.3 Å². The summed E-state index contributed by atoms with van der Waals surface area (Å²) in [6, 6.07) is 12.4. The fourth-order valence-electron chi connectivity index (χ4n) is 2.83. The number of methoxy groups -OCH3 is 1. The van der Waals surface area contributed by atoms with Gasteiger partial charge in [0.25, 0.3) is 0 Å². The molecule has 1 aliphatic rings. The zero-order valence-electron chi connectivity index (χ0n) is 10.6. The smallest absolute Gasteiger partial charge is 0.0827 e. The molecule has 0 unspecified atom stereocenters. The second-order valence-corrected chi connectivity index (χ2v) is 5.97. The van der Waals surface area contributed by atoms with Gasteiger partial charge in [0, 0.05) is 17.1 Å². The molecule has 0 heterocycles. The van der Waals surface area contributed by atoms with Crippen molar-refractivity contribution in [1.82, 2.24) is 0 Å². The second-order valence-electron chi connectivity index (χ2n) is 4.74. The Kier molecular flexibility index (Phi) is 3.66. The number of ether oxygens (including phenoxy) is 1. The molecule has 0 bridgehead atoms. The lowest BCUT2D eigenvalue weighted by Crippen LogP contribution is -1.95. The molecule has 0 aliphatic heterocycles. The molecule has 1 nitrogen and oxygen atoms in total. The van der Waals surface area contributed by atoms with E-state index >= 15 is 0 Å². The molecular weight excluding hydrogens is 324 g/mol. The van der Waals surface area contributed by atoms with Gasteiger partial charge in [0.15, 0.2) is 0 Å². The Hall–Kier alpha value is -0.830. The van der Waals surface area contributed by atoms with Crippen molar-refractivity contribution in [2.45, 2.75) is 18.9 Å². The minimum absolute atomic E-state index is 0.223. The minimum Gasteiger partial charge on any atom is -0.377 e. The lowest BCUT2D eigenvalue weighted by molar-refractivity contribution is 0.105. The van der Waals surface area contributed by atoms with Crippen molar-refractivity contribution in [2.24, 2.45) is 0 Å². The zero-order chi connectivity index (χ0) is 13.4. The van der Waals surface area contributed by atoms with Crippen LogP contribution in [0.3, 0.4) is 0 Å². The van der Waals surface area contributed by atoms with Crippen LogP contribution in [0.5, 0.6) is 0 Å². The van der Waals surface area contributed by atoms with Gasteiger partial charge in [-0.25, -0.2) is 0 Å². The fourth-order valence-corrected chi connectivity index (χ4v) is 3.42. The van der Waals surface area contributed by atoms with Gasteiger partial charge in [-0.3, -0.25) is 0 Å². The number of benzene rings is 2. The molecule has 3 heteroatoms. The molecule has 0 fully saturated rings. The molecule has 98 valence electrons. The summed E-state index contributed by atoms with van der Waals surface area (Å²) < 4.78 is 6.48. The molecule has 0 spiro atoms. The first-order valence-corrected chi connectivity index (χ1v) is 7.48. The van der Waals surface area contributed by atoms with E-state index in [1.807, 2.05) is 12.1 Å². The van der Waals surface area contributed by atoms with Crippen LogP contribution in [0.25, 0.3) is 11.1 Å². The molecule has 2 aromatic carbocycles. The summed E-state index contributed by atoms with van der Waals surface area (Å²) in [7, 11) is 1.78. The molecule has 0 N–H and O–H groups in total. The van der Waals surface area contributed by atoms with Gasteiger partial charge in [-0.1, -0.05) is 41.9 Å². The summed E-state index contributed by atoms with van der Waals surface area (Å²) in [6.07, 6.45) is 2.32. The van der Waals surface area contributed by atoms with Crippen LogP contribution in [0.4, 0.5) is 0 Å². The summed E-state index contributed by atoms with van der Waals surface area (Å²) in [6.45, 7) is 0. The average Bonchev–Trinajstić information content (AvgIpc) is 2.85. The van der Waals surface area contributed by atoms with Crippen molar-refractivity contribution in [2.75, 3.05) is 7.11 Å². The van der Waals surface area contributed by atoms with Crippen LogP contribution in [0.15, 0.2) is 40.9 Å². The molecule has 1 atom stereocenters. The van der Waals surface area contributed by atoms with Crippen molar-refractivity contribution in [3.63, 3.8) is 0 Å². The number of hydrogen-bond donors (Lipinski definition) is 0. The summed E-state index contributed by atoms with van der Waals surface area (Å²) >= 11 is 9.91. The second kappa shape index (κ2) is 5.28. The molecular formula is C16H14BrClO. The Balaban J connectivity index is 2.17. The van der Waals surface area contributed by atoms with E-state index < -0.39 is 0 Å². The summed E-state index contributed by atoms with van der Waals surface area (Å²) in [5.41, 5.74) is 4.98. The van der Waals surface area contributed by atoms with E-state index in [0.29, 0.717) is 0 Å². The van der Waals surface area contributed by atoms with Gasteiger partial charge in [-0.15, -0.1) is 0 Å². The Morgan fingerprint density at radius 1 is 1.16 bits per heavy atom. The van der Waals surface area contributed by atoms with Crippen molar-refractivity contribution in [1.29, 1.82) is 0 Å². The molecule has 3 rings (SSSR count). The highest BCUT2D eigenvalue weighted by Crippen LogP contribution is 2.42. The van der Waals surface area contributed by atoms with E-state index in [1.54, 1.807) is 7.11 Å². The predicted molar refractivity (Wildman–Crippen MR) is 82.7 cm³/mol. The van der Waals surface area contributed by atoms with Gasteiger partial charge < -0.3 is 4.74 Å². The lowest BCUT2D eigenvalue weighted by atomic mass is 9.97. The van der Waals surface area contributed by atoms with Crippen LogP contribution in [0.1, 0.15) is 23.7 Å². The third kappa shape index (κ3) is 2.22. The van der Waals surface area contributed by atoms with E-state index in [2.05, 4.69) is 40.2 Å². The molecule has 1 aliphatic carbocycles. The van der Waals surface area contributed by atoms with Crippen LogP contribution >= 0.6 is 27.5 Å². The largest absolute Gasteiger partial charge is 0.377 e. The minimum atomic E-state index is 0.223. The Morgan fingerprint density at radius 3 is 2.68 bits per heavy atom. The van der Waals surface area contributed by atoms with Crippen LogP contribution in [0, 0.1) is 0 Å². The van der Waals surface area contributed by atoms with Crippen LogP contribution < -0.4 is 0 Å². The normalized spacial score (nSPS) is 17.5. The topological polar surface area (TPSA) is 9.23 Å². The first kappa shape index (κ1) is 13.2.